The van der Waals surface area contributed by atoms with Gasteiger partial charge in [-0.3, -0.25) is 9.69 Å². The van der Waals surface area contributed by atoms with Crippen LogP contribution in [0.1, 0.15) is 36.8 Å². The van der Waals surface area contributed by atoms with Gasteiger partial charge in [0, 0.05) is 30.4 Å². The number of methoxy groups -OCH3 is 1. The van der Waals surface area contributed by atoms with Gasteiger partial charge in [-0.2, -0.15) is 0 Å². The number of thioether (sulfide) groups is 1. The second-order valence-corrected chi connectivity index (χ2v) is 9.53. The summed E-state index contributed by atoms with van der Waals surface area (Å²) in [5.74, 6) is 1.20. The predicted octanol–water partition coefficient (Wildman–Crippen LogP) is 5.12. The molecule has 1 unspecified atom stereocenters. The minimum Gasteiger partial charge on any atom is -0.495 e. The Balaban J connectivity index is 1.51. The largest absolute Gasteiger partial charge is 0.495 e. The van der Waals surface area contributed by atoms with Crippen molar-refractivity contribution in [2.24, 2.45) is 0 Å². The number of rotatable bonds is 8. The summed E-state index contributed by atoms with van der Waals surface area (Å²) in [6, 6.07) is 7.47. The highest BCUT2D eigenvalue weighted by Crippen LogP contribution is 2.36. The third-order valence-corrected chi connectivity index (χ3v) is 7.44. The number of nitrogens with zero attached hydrogens (tertiary/aromatic N) is 4. The van der Waals surface area contributed by atoms with Gasteiger partial charge in [0.1, 0.15) is 5.75 Å². The van der Waals surface area contributed by atoms with Crippen LogP contribution in [0.4, 0.5) is 10.8 Å². The van der Waals surface area contributed by atoms with Crippen molar-refractivity contribution in [1.82, 2.24) is 14.5 Å². The molecule has 170 valence electrons. The maximum atomic E-state index is 12.5. The van der Waals surface area contributed by atoms with Crippen LogP contribution in [0.5, 0.6) is 5.75 Å². The highest BCUT2D eigenvalue weighted by Gasteiger charge is 2.23. The van der Waals surface area contributed by atoms with E-state index in [4.69, 9.17) is 19.4 Å². The summed E-state index contributed by atoms with van der Waals surface area (Å²) < 4.78 is 13.5. The molecule has 1 aliphatic rings. The number of para-hydroxylation sites is 2. The molecule has 1 fully saturated rings. The van der Waals surface area contributed by atoms with E-state index in [1.165, 1.54) is 24.0 Å². The highest BCUT2D eigenvalue weighted by atomic mass is 32.2. The van der Waals surface area contributed by atoms with Crippen LogP contribution in [-0.4, -0.2) is 40.3 Å². The summed E-state index contributed by atoms with van der Waals surface area (Å²) in [6.07, 6.45) is 2.48. The first kappa shape index (κ1) is 22.8. The molecular weight excluding hydrogens is 444 g/mol. The number of aromatic nitrogens is 3. The predicted molar refractivity (Wildman–Crippen MR) is 128 cm³/mol. The maximum absolute atomic E-state index is 12.5. The molecule has 3 heterocycles. The number of hydrogen-bond donors (Lipinski definition) is 0. The molecule has 1 aliphatic heterocycles. The number of carbonyl (C=O) groups excluding carboxylic acids is 1. The van der Waals surface area contributed by atoms with E-state index in [1.807, 2.05) is 36.6 Å². The van der Waals surface area contributed by atoms with Crippen molar-refractivity contribution < 1.29 is 14.3 Å². The molecule has 0 bridgehead atoms. The van der Waals surface area contributed by atoms with Crippen molar-refractivity contribution in [2.45, 2.75) is 57.2 Å². The molecule has 1 amide bonds. The van der Waals surface area contributed by atoms with Gasteiger partial charge in [-0.05, 0) is 38.8 Å². The molecule has 0 spiro atoms. The first-order valence-electron chi connectivity index (χ1n) is 10.6. The summed E-state index contributed by atoms with van der Waals surface area (Å²) in [6.45, 7) is 7.38. The number of hydrogen-bond acceptors (Lipinski definition) is 7. The number of carbonyl (C=O) groups is 1. The molecule has 0 radical (unpaired) electrons. The molecule has 0 saturated carbocycles. The zero-order valence-electron chi connectivity index (χ0n) is 18.8. The van der Waals surface area contributed by atoms with Gasteiger partial charge in [0.25, 0.3) is 0 Å². The Kier molecular flexibility index (Phi) is 7.17. The van der Waals surface area contributed by atoms with Gasteiger partial charge < -0.3 is 14.0 Å². The van der Waals surface area contributed by atoms with Crippen LogP contribution in [-0.2, 0) is 21.8 Å². The lowest BCUT2D eigenvalue weighted by Crippen LogP contribution is -2.23. The Labute approximate surface area is 196 Å². The van der Waals surface area contributed by atoms with Crippen molar-refractivity contribution in [1.29, 1.82) is 0 Å². The fourth-order valence-corrected chi connectivity index (χ4v) is 5.75. The summed E-state index contributed by atoms with van der Waals surface area (Å²) in [5, 5.41) is 3.62. The van der Waals surface area contributed by atoms with Crippen LogP contribution in [0.2, 0.25) is 0 Å². The van der Waals surface area contributed by atoms with Crippen LogP contribution in [0.25, 0.3) is 0 Å². The molecule has 3 aromatic rings. The van der Waals surface area contributed by atoms with Crippen molar-refractivity contribution in [2.75, 3.05) is 18.6 Å². The van der Waals surface area contributed by atoms with E-state index in [0.717, 1.165) is 42.5 Å². The molecule has 1 atom stereocenters. The Morgan fingerprint density at radius 1 is 1.34 bits per heavy atom. The quantitative estimate of drug-likeness (QED) is 0.424. The van der Waals surface area contributed by atoms with Gasteiger partial charge in [0.2, 0.25) is 5.91 Å². The maximum Gasteiger partial charge on any atom is 0.230 e. The molecule has 2 aromatic heterocycles. The Morgan fingerprint density at radius 3 is 2.88 bits per heavy atom. The fourth-order valence-electron chi connectivity index (χ4n) is 3.77. The molecule has 4 rings (SSSR count). The molecule has 7 nitrogen and oxygen atoms in total. The van der Waals surface area contributed by atoms with Crippen molar-refractivity contribution in [3.63, 3.8) is 0 Å². The topological polar surface area (TPSA) is 69.5 Å². The van der Waals surface area contributed by atoms with Gasteiger partial charge in [-0.15, -0.1) is 11.3 Å². The molecule has 1 aromatic carbocycles. The molecular formula is C23H28N4O3S2. The Morgan fingerprint density at radius 2 is 2.16 bits per heavy atom. The first-order chi connectivity index (χ1) is 15.5. The molecule has 1 saturated heterocycles. The number of benzene rings is 1. The van der Waals surface area contributed by atoms with Crippen molar-refractivity contribution in [3.8, 4) is 5.75 Å². The third-order valence-electron chi connectivity index (χ3n) is 5.55. The van der Waals surface area contributed by atoms with E-state index in [-0.39, 0.29) is 12.0 Å². The Bertz CT molecular complexity index is 1090. The average Bonchev–Trinajstić information content (AvgIpc) is 3.51. The number of imidazole rings is 1. The minimum absolute atomic E-state index is 0.110. The second-order valence-electron chi connectivity index (χ2n) is 7.75. The Hall–Kier alpha value is -2.36. The van der Waals surface area contributed by atoms with Crippen molar-refractivity contribution >= 4 is 39.8 Å². The molecule has 32 heavy (non-hydrogen) atoms. The average molecular weight is 473 g/mol. The third kappa shape index (κ3) is 4.84. The van der Waals surface area contributed by atoms with Gasteiger partial charge in [0.15, 0.2) is 10.3 Å². The van der Waals surface area contributed by atoms with E-state index in [9.17, 15) is 4.79 Å². The number of aryl methyl sites for hydroxylation is 1. The number of thiazole rings is 1. The summed E-state index contributed by atoms with van der Waals surface area (Å²) >= 11 is 3.12. The zero-order valence-corrected chi connectivity index (χ0v) is 20.5. The molecule has 0 aliphatic carbocycles. The fraction of sp³-hybridized carbons (Fsp3) is 0.435. The zero-order chi connectivity index (χ0) is 22.7. The van der Waals surface area contributed by atoms with Crippen LogP contribution >= 0.6 is 23.1 Å². The molecule has 9 heteroatoms. The minimum atomic E-state index is -0.110. The SMILES string of the molecule is COc1ccccc1N(C(C)=O)c1nc(CSc2nc(C)c(C)n2CC2CCCO2)cs1. The van der Waals surface area contributed by atoms with Gasteiger partial charge in [0.05, 0.1) is 36.8 Å². The lowest BCUT2D eigenvalue weighted by Gasteiger charge is -2.20. The van der Waals surface area contributed by atoms with Crippen LogP contribution in [0, 0.1) is 13.8 Å². The van der Waals surface area contributed by atoms with E-state index >= 15 is 0 Å². The van der Waals surface area contributed by atoms with E-state index in [1.54, 1.807) is 23.8 Å². The lowest BCUT2D eigenvalue weighted by atomic mass is 10.2. The number of anilines is 2. The summed E-state index contributed by atoms with van der Waals surface area (Å²) in [7, 11) is 1.60. The van der Waals surface area contributed by atoms with Gasteiger partial charge in [-0.25, -0.2) is 9.97 Å². The number of ether oxygens (including phenoxy) is 2. The first-order valence-corrected chi connectivity index (χ1v) is 12.5. The molecule has 0 N–H and O–H groups in total. The van der Waals surface area contributed by atoms with Gasteiger partial charge in [-0.1, -0.05) is 23.9 Å². The van der Waals surface area contributed by atoms with Crippen molar-refractivity contribution in [3.05, 3.63) is 46.7 Å². The van der Waals surface area contributed by atoms with E-state index in [2.05, 4.69) is 11.5 Å². The van der Waals surface area contributed by atoms with Crippen LogP contribution in [0.3, 0.4) is 0 Å². The highest BCUT2D eigenvalue weighted by molar-refractivity contribution is 7.98. The standard InChI is InChI=1S/C23H28N4O3S2/c1-15-16(2)26(12-19-8-7-11-30-19)22(24-15)31-13-18-14-32-23(25-18)27(17(3)28)20-9-5-6-10-21(20)29-4/h5-6,9-10,14,19H,7-8,11-13H2,1-4H3. The van der Waals surface area contributed by atoms with Crippen LogP contribution in [0.15, 0.2) is 34.8 Å². The van der Waals surface area contributed by atoms with E-state index in [0.29, 0.717) is 22.3 Å². The normalized spacial score (nSPS) is 15.8. The van der Waals surface area contributed by atoms with Crippen LogP contribution < -0.4 is 9.64 Å². The number of amides is 1. The smallest absolute Gasteiger partial charge is 0.230 e. The second kappa shape index (κ2) is 10.1. The monoisotopic (exact) mass is 472 g/mol. The summed E-state index contributed by atoms with van der Waals surface area (Å²) in [5.41, 5.74) is 3.83. The van der Waals surface area contributed by atoms with E-state index < -0.39 is 0 Å². The van der Waals surface area contributed by atoms with Gasteiger partial charge >= 0.3 is 0 Å². The lowest BCUT2D eigenvalue weighted by molar-refractivity contribution is -0.115. The summed E-state index contributed by atoms with van der Waals surface area (Å²) in [4.78, 5) is 23.6.